The van der Waals surface area contributed by atoms with Gasteiger partial charge in [-0.1, -0.05) is 231 Å². The molecule has 0 aromatic heterocycles. The fourth-order valence-electron chi connectivity index (χ4n) is 6.89. The molecule has 4 nitrogen and oxygen atoms in total. The summed E-state index contributed by atoms with van der Waals surface area (Å²) < 4.78 is 0. The van der Waals surface area contributed by atoms with E-state index in [2.05, 4.69) is 19.2 Å². The molecule has 1 amide bonds. The fourth-order valence-corrected chi connectivity index (χ4v) is 6.89. The van der Waals surface area contributed by atoms with E-state index in [4.69, 9.17) is 0 Å². The van der Waals surface area contributed by atoms with Crippen LogP contribution in [0.4, 0.5) is 0 Å². The maximum atomic E-state index is 12.3. The molecular weight excluding hydrogens is 590 g/mol. The molecule has 0 radical (unpaired) electrons. The molecule has 286 valence electrons. The van der Waals surface area contributed by atoms with Gasteiger partial charge in [-0.25, -0.2) is 0 Å². The van der Waals surface area contributed by atoms with Gasteiger partial charge in [-0.3, -0.25) is 4.79 Å². The minimum absolute atomic E-state index is 0.0619. The summed E-state index contributed by atoms with van der Waals surface area (Å²) in [5.41, 5.74) is 0. The number of carbonyl (C=O) groups excluding carboxylic acids is 1. The normalized spacial score (nSPS) is 13.0. The van der Waals surface area contributed by atoms with Gasteiger partial charge < -0.3 is 15.5 Å². The molecule has 0 fully saturated rings. The van der Waals surface area contributed by atoms with E-state index in [1.54, 1.807) is 6.08 Å². The SMILES string of the molecule is CCCCCCCCC/C=C/[C@@H](O)[C@H](CO)NC(=O)CCCCCCCCCCCCCCCCCCCCCCCCCCCCC. The van der Waals surface area contributed by atoms with Gasteiger partial charge >= 0.3 is 0 Å². The molecule has 0 aliphatic heterocycles. The summed E-state index contributed by atoms with van der Waals surface area (Å²) in [5.74, 6) is -0.0619. The van der Waals surface area contributed by atoms with Crippen molar-refractivity contribution < 1.29 is 15.0 Å². The van der Waals surface area contributed by atoms with E-state index in [0.717, 1.165) is 25.7 Å². The highest BCUT2D eigenvalue weighted by atomic mass is 16.3. The van der Waals surface area contributed by atoms with Crippen molar-refractivity contribution in [2.45, 2.75) is 257 Å². The predicted octanol–water partition coefficient (Wildman–Crippen LogP) is 13.5. The monoisotopic (exact) mass is 678 g/mol. The molecule has 0 aromatic carbocycles. The van der Waals surface area contributed by atoms with Crippen LogP contribution in [0.2, 0.25) is 0 Å². The summed E-state index contributed by atoms with van der Waals surface area (Å²) in [6.07, 6.45) is 50.5. The van der Waals surface area contributed by atoms with E-state index in [9.17, 15) is 15.0 Å². The molecule has 48 heavy (non-hydrogen) atoms. The van der Waals surface area contributed by atoms with Gasteiger partial charge in [-0.05, 0) is 19.3 Å². The van der Waals surface area contributed by atoms with Crippen LogP contribution < -0.4 is 5.32 Å². The van der Waals surface area contributed by atoms with Crippen LogP contribution in [0.3, 0.4) is 0 Å². The average Bonchev–Trinajstić information content (AvgIpc) is 3.09. The molecule has 0 heterocycles. The lowest BCUT2D eigenvalue weighted by Gasteiger charge is -2.20. The standard InChI is InChI=1S/C44H87NO3/c1-3-5-7-9-11-13-14-15-16-17-18-19-20-21-22-23-24-25-26-27-28-29-30-32-34-36-38-40-44(48)45-42(41-46)43(47)39-37-35-33-31-12-10-8-6-4-2/h37,39,42-43,46-47H,3-36,38,40-41H2,1-2H3,(H,45,48)/b39-37+/t42-,43+/m0/s1. The van der Waals surface area contributed by atoms with Crippen LogP contribution in [-0.4, -0.2) is 34.9 Å². The summed E-state index contributed by atoms with van der Waals surface area (Å²) >= 11 is 0. The molecule has 0 aliphatic carbocycles. The van der Waals surface area contributed by atoms with E-state index in [1.807, 2.05) is 6.08 Å². The Kier molecular flexibility index (Phi) is 39.8. The largest absolute Gasteiger partial charge is 0.394 e. The molecule has 3 N–H and O–H groups in total. The fraction of sp³-hybridized carbons (Fsp3) is 0.932. The van der Waals surface area contributed by atoms with Crippen LogP contribution in [0.5, 0.6) is 0 Å². The van der Waals surface area contributed by atoms with E-state index < -0.39 is 12.1 Å². The first-order valence-electron chi connectivity index (χ1n) is 21.9. The van der Waals surface area contributed by atoms with Crippen molar-refractivity contribution in [3.8, 4) is 0 Å². The van der Waals surface area contributed by atoms with Crippen molar-refractivity contribution in [2.24, 2.45) is 0 Å². The molecule has 0 aromatic rings. The first kappa shape index (κ1) is 47.1. The van der Waals surface area contributed by atoms with Gasteiger partial charge in [0.25, 0.3) is 0 Å². The van der Waals surface area contributed by atoms with Gasteiger partial charge in [-0.15, -0.1) is 0 Å². The zero-order chi connectivity index (χ0) is 35.0. The summed E-state index contributed by atoms with van der Waals surface area (Å²) in [7, 11) is 0. The Bertz CT molecular complexity index is 651. The highest BCUT2D eigenvalue weighted by Gasteiger charge is 2.17. The minimum Gasteiger partial charge on any atom is -0.394 e. The maximum Gasteiger partial charge on any atom is 0.220 e. The third-order valence-electron chi connectivity index (χ3n) is 10.3. The van der Waals surface area contributed by atoms with Crippen LogP contribution in [0.25, 0.3) is 0 Å². The Morgan fingerprint density at radius 1 is 0.479 bits per heavy atom. The van der Waals surface area contributed by atoms with Gasteiger partial charge in [-0.2, -0.15) is 0 Å². The van der Waals surface area contributed by atoms with Gasteiger partial charge in [0.15, 0.2) is 0 Å². The highest BCUT2D eigenvalue weighted by Crippen LogP contribution is 2.16. The number of carbonyl (C=O) groups is 1. The van der Waals surface area contributed by atoms with Gasteiger partial charge in [0.1, 0.15) is 0 Å². The molecule has 0 bridgehead atoms. The Hall–Kier alpha value is -0.870. The van der Waals surface area contributed by atoms with Crippen molar-refractivity contribution in [3.05, 3.63) is 12.2 Å². The van der Waals surface area contributed by atoms with Crippen LogP contribution in [0, 0.1) is 0 Å². The van der Waals surface area contributed by atoms with Crippen LogP contribution in [0.1, 0.15) is 245 Å². The maximum absolute atomic E-state index is 12.3. The first-order valence-corrected chi connectivity index (χ1v) is 21.9. The van der Waals surface area contributed by atoms with Crippen molar-refractivity contribution in [1.29, 1.82) is 0 Å². The van der Waals surface area contributed by atoms with Crippen LogP contribution in [-0.2, 0) is 4.79 Å². The third kappa shape index (κ3) is 36.4. The number of unbranched alkanes of at least 4 members (excludes halogenated alkanes) is 33. The number of aliphatic hydroxyl groups excluding tert-OH is 2. The second-order valence-electron chi connectivity index (χ2n) is 15.1. The number of hydrogen-bond donors (Lipinski definition) is 3. The van der Waals surface area contributed by atoms with Gasteiger partial charge in [0, 0.05) is 6.42 Å². The number of amides is 1. The molecular formula is C44H87NO3. The molecule has 4 heteroatoms. The van der Waals surface area contributed by atoms with Crippen LogP contribution >= 0.6 is 0 Å². The molecule has 0 rings (SSSR count). The molecule has 0 saturated carbocycles. The topological polar surface area (TPSA) is 69.6 Å². The highest BCUT2D eigenvalue weighted by molar-refractivity contribution is 5.76. The summed E-state index contributed by atoms with van der Waals surface area (Å²) in [6, 6.07) is -0.614. The predicted molar refractivity (Wildman–Crippen MR) is 212 cm³/mol. The smallest absolute Gasteiger partial charge is 0.220 e. The number of allylic oxidation sites excluding steroid dienone is 1. The summed E-state index contributed by atoms with van der Waals surface area (Å²) in [4.78, 5) is 12.3. The summed E-state index contributed by atoms with van der Waals surface area (Å²) in [6.45, 7) is 4.30. The lowest BCUT2D eigenvalue weighted by atomic mass is 10.0. The Morgan fingerprint density at radius 2 is 0.771 bits per heavy atom. The van der Waals surface area contributed by atoms with E-state index >= 15 is 0 Å². The number of rotatable bonds is 40. The van der Waals surface area contributed by atoms with Crippen molar-refractivity contribution >= 4 is 5.91 Å². The van der Waals surface area contributed by atoms with Gasteiger partial charge in [0.2, 0.25) is 5.91 Å². The number of aliphatic hydroxyl groups is 2. The number of hydrogen-bond acceptors (Lipinski definition) is 3. The van der Waals surface area contributed by atoms with Crippen LogP contribution in [0.15, 0.2) is 12.2 Å². The van der Waals surface area contributed by atoms with E-state index in [-0.39, 0.29) is 12.5 Å². The molecule has 0 unspecified atom stereocenters. The van der Waals surface area contributed by atoms with E-state index in [0.29, 0.717) is 6.42 Å². The van der Waals surface area contributed by atoms with Gasteiger partial charge in [0.05, 0.1) is 18.8 Å². The lowest BCUT2D eigenvalue weighted by Crippen LogP contribution is -2.45. The second-order valence-corrected chi connectivity index (χ2v) is 15.1. The molecule has 0 aliphatic rings. The third-order valence-corrected chi connectivity index (χ3v) is 10.3. The van der Waals surface area contributed by atoms with E-state index in [1.165, 1.54) is 199 Å². The Labute approximate surface area is 301 Å². The zero-order valence-electron chi connectivity index (χ0n) is 32.8. The number of nitrogens with one attached hydrogen (secondary N) is 1. The summed E-state index contributed by atoms with van der Waals surface area (Å²) in [5, 5.41) is 22.9. The molecule has 2 atom stereocenters. The average molecular weight is 678 g/mol. The quantitative estimate of drug-likeness (QED) is 0.0446. The van der Waals surface area contributed by atoms with Crippen molar-refractivity contribution in [1.82, 2.24) is 5.32 Å². The molecule has 0 spiro atoms. The second kappa shape index (κ2) is 40.6. The zero-order valence-corrected chi connectivity index (χ0v) is 32.8. The van der Waals surface area contributed by atoms with Crippen molar-refractivity contribution in [2.75, 3.05) is 6.61 Å². The lowest BCUT2D eigenvalue weighted by molar-refractivity contribution is -0.123. The first-order chi connectivity index (χ1) is 23.7. The molecule has 0 saturated heterocycles. The Balaban J connectivity index is 3.40. The Morgan fingerprint density at radius 3 is 1.08 bits per heavy atom. The van der Waals surface area contributed by atoms with Crippen molar-refractivity contribution in [3.63, 3.8) is 0 Å². The minimum atomic E-state index is -0.831.